The highest BCUT2D eigenvalue weighted by molar-refractivity contribution is 6.05. The molecule has 1 N–H and O–H groups in total. The van der Waals surface area contributed by atoms with Crippen molar-refractivity contribution >= 4 is 23.3 Å². The molecule has 0 aromatic heterocycles. The molecule has 0 aliphatic carbocycles. The number of carbonyl (C=O) groups excluding carboxylic acids is 2. The highest BCUT2D eigenvalue weighted by Crippen LogP contribution is 2.31. The van der Waals surface area contributed by atoms with Crippen molar-refractivity contribution in [1.82, 2.24) is 4.90 Å². The van der Waals surface area contributed by atoms with Crippen LogP contribution in [0.2, 0.25) is 0 Å². The van der Waals surface area contributed by atoms with Crippen LogP contribution in [0.4, 0.5) is 20.6 Å². The molecule has 3 amide bonds. The summed E-state index contributed by atoms with van der Waals surface area (Å²) in [6, 6.07) is 10.7. The standard InChI is InChI=1S/C18H18FN3O2/c1-21(2)17(23)15-4-3-5-16-14(15)10-11-22(16)18(24)20-13-8-6-12(19)7-9-13/h3-9H,10-11H2,1-2H3,(H,20,24). The summed E-state index contributed by atoms with van der Waals surface area (Å²) in [5.74, 6) is -0.431. The van der Waals surface area contributed by atoms with E-state index in [0.717, 1.165) is 11.3 Å². The van der Waals surface area contributed by atoms with Gasteiger partial charge in [-0.05, 0) is 48.4 Å². The first-order valence-corrected chi connectivity index (χ1v) is 7.65. The molecule has 1 aliphatic rings. The minimum atomic E-state index is -0.355. The van der Waals surface area contributed by atoms with E-state index in [1.165, 1.54) is 29.2 Å². The molecular formula is C18H18FN3O2. The van der Waals surface area contributed by atoms with Gasteiger partial charge >= 0.3 is 6.03 Å². The van der Waals surface area contributed by atoms with Gasteiger partial charge in [0, 0.05) is 37.6 Å². The fourth-order valence-electron chi connectivity index (χ4n) is 2.81. The Morgan fingerprint density at radius 1 is 1.12 bits per heavy atom. The molecule has 0 radical (unpaired) electrons. The average Bonchev–Trinajstić information content (AvgIpc) is 3.00. The first-order valence-electron chi connectivity index (χ1n) is 7.65. The molecule has 1 aliphatic heterocycles. The topological polar surface area (TPSA) is 52.7 Å². The molecule has 0 fully saturated rings. The molecule has 0 bridgehead atoms. The number of nitrogens with zero attached hydrogens (tertiary/aromatic N) is 2. The lowest BCUT2D eigenvalue weighted by molar-refractivity contribution is 0.0826. The van der Waals surface area contributed by atoms with E-state index in [9.17, 15) is 14.0 Å². The minimum absolute atomic E-state index is 0.0763. The van der Waals surface area contributed by atoms with Crippen LogP contribution in [0.1, 0.15) is 15.9 Å². The summed E-state index contributed by atoms with van der Waals surface area (Å²) >= 11 is 0. The molecule has 0 unspecified atom stereocenters. The normalized spacial score (nSPS) is 12.7. The van der Waals surface area contributed by atoms with E-state index in [2.05, 4.69) is 5.32 Å². The van der Waals surface area contributed by atoms with Gasteiger partial charge in [-0.25, -0.2) is 9.18 Å². The molecule has 3 rings (SSSR count). The number of carbonyl (C=O) groups is 2. The number of benzene rings is 2. The summed E-state index contributed by atoms with van der Waals surface area (Å²) in [5, 5.41) is 2.75. The molecule has 24 heavy (non-hydrogen) atoms. The van der Waals surface area contributed by atoms with Gasteiger partial charge in [-0.1, -0.05) is 6.07 Å². The number of hydrogen-bond donors (Lipinski definition) is 1. The zero-order valence-corrected chi connectivity index (χ0v) is 13.5. The average molecular weight is 327 g/mol. The zero-order chi connectivity index (χ0) is 17.3. The molecule has 0 spiro atoms. The van der Waals surface area contributed by atoms with Crippen LogP contribution < -0.4 is 10.2 Å². The number of fused-ring (bicyclic) bond motifs is 1. The van der Waals surface area contributed by atoms with E-state index in [1.54, 1.807) is 31.1 Å². The Morgan fingerprint density at radius 2 is 1.83 bits per heavy atom. The summed E-state index contributed by atoms with van der Waals surface area (Å²) in [4.78, 5) is 27.9. The Balaban J connectivity index is 1.84. The second-order valence-electron chi connectivity index (χ2n) is 5.84. The summed E-state index contributed by atoms with van der Waals surface area (Å²) < 4.78 is 12.9. The Kier molecular flexibility index (Phi) is 4.20. The first-order chi connectivity index (χ1) is 11.5. The van der Waals surface area contributed by atoms with Gasteiger partial charge in [0.1, 0.15) is 5.82 Å². The predicted molar refractivity (Wildman–Crippen MR) is 90.9 cm³/mol. The van der Waals surface area contributed by atoms with Crippen molar-refractivity contribution in [2.45, 2.75) is 6.42 Å². The van der Waals surface area contributed by atoms with Crippen LogP contribution >= 0.6 is 0 Å². The van der Waals surface area contributed by atoms with Crippen LogP contribution in [0.15, 0.2) is 42.5 Å². The lowest BCUT2D eigenvalue weighted by Crippen LogP contribution is -2.33. The molecule has 6 heteroatoms. The third-order valence-electron chi connectivity index (χ3n) is 4.00. The fourth-order valence-corrected chi connectivity index (χ4v) is 2.81. The first kappa shape index (κ1) is 16.0. The van der Waals surface area contributed by atoms with Crippen LogP contribution in [0.25, 0.3) is 0 Å². The Bertz CT molecular complexity index is 787. The van der Waals surface area contributed by atoms with Crippen molar-refractivity contribution in [2.75, 3.05) is 30.9 Å². The second-order valence-corrected chi connectivity index (χ2v) is 5.84. The van der Waals surface area contributed by atoms with Gasteiger partial charge in [-0.2, -0.15) is 0 Å². The number of nitrogens with one attached hydrogen (secondary N) is 1. The largest absolute Gasteiger partial charge is 0.345 e. The third-order valence-corrected chi connectivity index (χ3v) is 4.00. The van der Waals surface area contributed by atoms with E-state index in [0.29, 0.717) is 24.2 Å². The molecule has 0 saturated carbocycles. The van der Waals surface area contributed by atoms with Gasteiger partial charge in [-0.15, -0.1) is 0 Å². The summed E-state index contributed by atoms with van der Waals surface area (Å²) in [6.45, 7) is 0.500. The number of amides is 3. The van der Waals surface area contributed by atoms with Crippen molar-refractivity contribution in [3.8, 4) is 0 Å². The maximum Gasteiger partial charge on any atom is 0.326 e. The monoisotopic (exact) mass is 327 g/mol. The second kappa shape index (κ2) is 6.31. The highest BCUT2D eigenvalue weighted by atomic mass is 19.1. The molecule has 5 nitrogen and oxygen atoms in total. The third kappa shape index (κ3) is 2.95. The predicted octanol–water partition coefficient (Wildman–Crippen LogP) is 3.12. The number of rotatable bonds is 2. The van der Waals surface area contributed by atoms with E-state index >= 15 is 0 Å². The van der Waals surface area contributed by atoms with Crippen LogP contribution in [0, 0.1) is 5.82 Å². The summed E-state index contributed by atoms with van der Waals surface area (Å²) in [5.41, 5.74) is 2.76. The molecule has 0 atom stereocenters. The van der Waals surface area contributed by atoms with Gasteiger partial charge < -0.3 is 10.2 Å². The van der Waals surface area contributed by atoms with Gasteiger partial charge in [0.25, 0.3) is 5.91 Å². The molecule has 1 heterocycles. The molecule has 124 valence electrons. The Morgan fingerprint density at radius 3 is 2.50 bits per heavy atom. The van der Waals surface area contributed by atoms with E-state index in [4.69, 9.17) is 0 Å². The zero-order valence-electron chi connectivity index (χ0n) is 13.5. The van der Waals surface area contributed by atoms with E-state index < -0.39 is 0 Å². The molecule has 2 aromatic carbocycles. The Labute approximate surface area is 139 Å². The maximum absolute atomic E-state index is 12.9. The van der Waals surface area contributed by atoms with Crippen molar-refractivity contribution in [3.63, 3.8) is 0 Å². The number of halogens is 1. The fraction of sp³-hybridized carbons (Fsp3) is 0.222. The molecular weight excluding hydrogens is 309 g/mol. The molecule has 0 saturated heterocycles. The maximum atomic E-state index is 12.9. The van der Waals surface area contributed by atoms with Crippen LogP contribution in [-0.4, -0.2) is 37.5 Å². The van der Waals surface area contributed by atoms with Gasteiger partial charge in [0.05, 0.1) is 0 Å². The number of urea groups is 1. The van der Waals surface area contributed by atoms with Crippen LogP contribution in [0.5, 0.6) is 0 Å². The van der Waals surface area contributed by atoms with Crippen LogP contribution in [0.3, 0.4) is 0 Å². The molecule has 2 aromatic rings. The van der Waals surface area contributed by atoms with Crippen molar-refractivity contribution in [1.29, 1.82) is 0 Å². The number of hydrogen-bond acceptors (Lipinski definition) is 2. The highest BCUT2D eigenvalue weighted by Gasteiger charge is 2.28. The summed E-state index contributed by atoms with van der Waals surface area (Å²) in [7, 11) is 3.41. The quantitative estimate of drug-likeness (QED) is 0.921. The summed E-state index contributed by atoms with van der Waals surface area (Å²) in [6.07, 6.45) is 0.627. The lowest BCUT2D eigenvalue weighted by Gasteiger charge is -2.19. The van der Waals surface area contributed by atoms with Crippen LogP contribution in [-0.2, 0) is 6.42 Å². The van der Waals surface area contributed by atoms with Gasteiger partial charge in [0.2, 0.25) is 0 Å². The smallest absolute Gasteiger partial charge is 0.326 e. The number of anilines is 2. The lowest BCUT2D eigenvalue weighted by atomic mass is 10.0. The van der Waals surface area contributed by atoms with Crippen molar-refractivity contribution in [2.24, 2.45) is 0 Å². The van der Waals surface area contributed by atoms with Crippen molar-refractivity contribution in [3.05, 3.63) is 59.4 Å². The van der Waals surface area contributed by atoms with Crippen molar-refractivity contribution < 1.29 is 14.0 Å². The minimum Gasteiger partial charge on any atom is -0.345 e. The SMILES string of the molecule is CN(C)C(=O)c1cccc2c1CCN2C(=O)Nc1ccc(F)cc1. The van der Waals surface area contributed by atoms with E-state index in [-0.39, 0.29) is 17.8 Å². The van der Waals surface area contributed by atoms with E-state index in [1.807, 2.05) is 6.07 Å². The van der Waals surface area contributed by atoms with Gasteiger partial charge in [0.15, 0.2) is 0 Å². The Hall–Kier alpha value is -2.89. The van der Waals surface area contributed by atoms with Gasteiger partial charge in [-0.3, -0.25) is 9.69 Å².